The van der Waals surface area contributed by atoms with E-state index in [0.29, 0.717) is 17.4 Å². The van der Waals surface area contributed by atoms with Crippen molar-refractivity contribution in [2.24, 2.45) is 7.05 Å². The molecule has 0 amide bonds. The van der Waals surface area contributed by atoms with Crippen molar-refractivity contribution in [1.29, 1.82) is 0 Å². The number of aliphatic hydroxyl groups is 1. The molecule has 90 valence electrons. The number of nitrogens with zero attached hydrogens (tertiary/aromatic N) is 5. The number of aryl methyl sites for hydroxylation is 1. The van der Waals surface area contributed by atoms with Gasteiger partial charge in [-0.3, -0.25) is 0 Å². The molecule has 2 rings (SSSR count). The van der Waals surface area contributed by atoms with Gasteiger partial charge in [0.05, 0.1) is 19.9 Å². The molecule has 0 fully saturated rings. The molecule has 2 aromatic rings. The van der Waals surface area contributed by atoms with Crippen LogP contribution in [-0.4, -0.2) is 37.4 Å². The fraction of sp³-hybridized carbons (Fsp3) is 0.400. The van der Waals surface area contributed by atoms with Crippen molar-refractivity contribution < 1.29 is 9.84 Å². The van der Waals surface area contributed by atoms with Crippen LogP contribution >= 0.6 is 0 Å². The van der Waals surface area contributed by atoms with E-state index in [1.807, 2.05) is 0 Å². The summed E-state index contributed by atoms with van der Waals surface area (Å²) in [6.07, 6.45) is -0.497. The van der Waals surface area contributed by atoms with Crippen molar-refractivity contribution in [3.05, 3.63) is 29.7 Å². The van der Waals surface area contributed by atoms with E-state index in [9.17, 15) is 5.11 Å². The maximum atomic E-state index is 9.97. The number of ether oxygens (including phenoxy) is 1. The lowest BCUT2D eigenvalue weighted by Gasteiger charge is -2.08. The SMILES string of the molecule is COc1cccc(C(O)Cc2nnn(C)n2)n1. The molecule has 1 N–H and O–H groups in total. The first-order chi connectivity index (χ1) is 8.19. The first-order valence-electron chi connectivity index (χ1n) is 5.11. The number of hydrogen-bond donors (Lipinski definition) is 1. The average Bonchev–Trinajstić information content (AvgIpc) is 2.75. The molecule has 0 aliphatic carbocycles. The topological polar surface area (TPSA) is 86.0 Å². The highest BCUT2D eigenvalue weighted by Crippen LogP contribution is 2.16. The lowest BCUT2D eigenvalue weighted by Crippen LogP contribution is -2.06. The van der Waals surface area contributed by atoms with Gasteiger partial charge in [-0.25, -0.2) is 4.98 Å². The molecule has 2 aromatic heterocycles. The van der Waals surface area contributed by atoms with Crippen LogP contribution in [0.25, 0.3) is 0 Å². The third-order valence-corrected chi connectivity index (χ3v) is 2.22. The van der Waals surface area contributed by atoms with Gasteiger partial charge in [0.1, 0.15) is 6.10 Å². The molecule has 17 heavy (non-hydrogen) atoms. The zero-order chi connectivity index (χ0) is 12.3. The van der Waals surface area contributed by atoms with Crippen LogP contribution in [0.2, 0.25) is 0 Å². The standard InChI is InChI=1S/C10H13N5O2/c1-15-13-9(12-14-15)6-8(16)7-4-3-5-10(11-7)17-2/h3-5,8,16H,6H2,1-2H3. The summed E-state index contributed by atoms with van der Waals surface area (Å²) in [5, 5.41) is 21.5. The molecule has 0 spiro atoms. The minimum Gasteiger partial charge on any atom is -0.481 e. The number of rotatable bonds is 4. The van der Waals surface area contributed by atoms with Crippen molar-refractivity contribution in [3.63, 3.8) is 0 Å². The summed E-state index contributed by atoms with van der Waals surface area (Å²) in [7, 11) is 3.20. The second-order valence-electron chi connectivity index (χ2n) is 3.52. The Morgan fingerprint density at radius 3 is 2.94 bits per heavy atom. The summed E-state index contributed by atoms with van der Waals surface area (Å²) < 4.78 is 4.99. The molecule has 0 saturated carbocycles. The maximum Gasteiger partial charge on any atom is 0.213 e. The van der Waals surface area contributed by atoms with Crippen LogP contribution in [0.3, 0.4) is 0 Å². The number of aromatic nitrogens is 5. The number of hydrogen-bond acceptors (Lipinski definition) is 6. The first kappa shape index (κ1) is 11.5. The monoisotopic (exact) mass is 235 g/mol. The fourth-order valence-electron chi connectivity index (χ4n) is 1.41. The van der Waals surface area contributed by atoms with Gasteiger partial charge in [-0.1, -0.05) is 6.07 Å². The van der Waals surface area contributed by atoms with E-state index >= 15 is 0 Å². The van der Waals surface area contributed by atoms with Gasteiger partial charge in [0.25, 0.3) is 0 Å². The smallest absolute Gasteiger partial charge is 0.213 e. The predicted molar refractivity (Wildman–Crippen MR) is 58.3 cm³/mol. The average molecular weight is 235 g/mol. The van der Waals surface area contributed by atoms with Crippen molar-refractivity contribution >= 4 is 0 Å². The minimum atomic E-state index is -0.769. The maximum absolute atomic E-state index is 9.97. The minimum absolute atomic E-state index is 0.272. The summed E-state index contributed by atoms with van der Waals surface area (Å²) in [5.74, 6) is 0.943. The summed E-state index contributed by atoms with van der Waals surface area (Å²) in [6.45, 7) is 0. The third-order valence-electron chi connectivity index (χ3n) is 2.22. The Morgan fingerprint density at radius 1 is 1.47 bits per heavy atom. The highest BCUT2D eigenvalue weighted by molar-refractivity contribution is 5.17. The second kappa shape index (κ2) is 4.88. The van der Waals surface area contributed by atoms with Crippen molar-refractivity contribution in [1.82, 2.24) is 25.2 Å². The largest absolute Gasteiger partial charge is 0.481 e. The summed E-state index contributed by atoms with van der Waals surface area (Å²) >= 11 is 0. The Balaban J connectivity index is 2.11. The molecular weight excluding hydrogens is 222 g/mol. The van der Waals surface area contributed by atoms with E-state index in [-0.39, 0.29) is 6.42 Å². The van der Waals surface area contributed by atoms with Crippen LogP contribution in [0.4, 0.5) is 0 Å². The molecule has 0 saturated heterocycles. The highest BCUT2D eigenvalue weighted by atomic mass is 16.5. The third kappa shape index (κ3) is 2.76. The number of tetrazole rings is 1. The van der Waals surface area contributed by atoms with Gasteiger partial charge >= 0.3 is 0 Å². The summed E-state index contributed by atoms with van der Waals surface area (Å²) in [4.78, 5) is 5.49. The Hall–Kier alpha value is -2.02. The van der Waals surface area contributed by atoms with Gasteiger partial charge in [-0.15, -0.1) is 10.2 Å². The van der Waals surface area contributed by atoms with E-state index in [1.165, 1.54) is 11.9 Å². The van der Waals surface area contributed by atoms with Crippen LogP contribution in [0.1, 0.15) is 17.6 Å². The molecule has 0 aliphatic rings. The van der Waals surface area contributed by atoms with Crippen LogP contribution < -0.4 is 4.74 Å². The van der Waals surface area contributed by atoms with Gasteiger partial charge in [0.2, 0.25) is 5.88 Å². The van der Waals surface area contributed by atoms with Gasteiger partial charge in [0, 0.05) is 12.5 Å². The van der Waals surface area contributed by atoms with Gasteiger partial charge in [0.15, 0.2) is 5.82 Å². The van der Waals surface area contributed by atoms with E-state index in [2.05, 4.69) is 20.4 Å². The van der Waals surface area contributed by atoms with Crippen molar-refractivity contribution in [2.45, 2.75) is 12.5 Å². The van der Waals surface area contributed by atoms with E-state index in [1.54, 1.807) is 25.2 Å². The lowest BCUT2D eigenvalue weighted by atomic mass is 10.1. The van der Waals surface area contributed by atoms with Crippen LogP contribution in [0, 0.1) is 0 Å². The predicted octanol–water partition coefficient (Wildman–Crippen LogP) is -0.110. The number of pyridine rings is 1. The lowest BCUT2D eigenvalue weighted by molar-refractivity contribution is 0.170. The number of aliphatic hydroxyl groups excluding tert-OH is 1. The van der Waals surface area contributed by atoms with Crippen molar-refractivity contribution in [2.75, 3.05) is 7.11 Å². The quantitative estimate of drug-likeness (QED) is 0.795. The molecular formula is C10H13N5O2. The van der Waals surface area contributed by atoms with Gasteiger partial charge < -0.3 is 9.84 Å². The summed E-state index contributed by atoms with van der Waals surface area (Å²) in [6, 6.07) is 5.22. The summed E-state index contributed by atoms with van der Waals surface area (Å²) in [5.41, 5.74) is 0.525. The zero-order valence-corrected chi connectivity index (χ0v) is 9.61. The molecule has 1 unspecified atom stereocenters. The van der Waals surface area contributed by atoms with Gasteiger partial charge in [-0.2, -0.15) is 4.80 Å². The molecule has 0 aliphatic heterocycles. The van der Waals surface area contributed by atoms with Crippen LogP contribution in [0.15, 0.2) is 18.2 Å². The van der Waals surface area contributed by atoms with Crippen LogP contribution in [0.5, 0.6) is 5.88 Å². The molecule has 7 heteroatoms. The zero-order valence-electron chi connectivity index (χ0n) is 9.61. The molecule has 0 aromatic carbocycles. The van der Waals surface area contributed by atoms with Crippen molar-refractivity contribution in [3.8, 4) is 5.88 Å². The Morgan fingerprint density at radius 2 is 2.29 bits per heavy atom. The highest BCUT2D eigenvalue weighted by Gasteiger charge is 2.14. The Kier molecular flexibility index (Phi) is 3.29. The van der Waals surface area contributed by atoms with Gasteiger partial charge in [-0.05, 0) is 11.3 Å². The fourth-order valence-corrected chi connectivity index (χ4v) is 1.41. The van der Waals surface area contributed by atoms with E-state index in [4.69, 9.17) is 4.74 Å². The van der Waals surface area contributed by atoms with Crippen LogP contribution in [-0.2, 0) is 13.5 Å². The Bertz CT molecular complexity index is 499. The molecule has 1 atom stereocenters. The number of methoxy groups -OCH3 is 1. The molecule has 7 nitrogen and oxygen atoms in total. The molecule has 2 heterocycles. The Labute approximate surface area is 98.1 Å². The normalized spacial score (nSPS) is 12.4. The second-order valence-corrected chi connectivity index (χ2v) is 3.52. The van der Waals surface area contributed by atoms with E-state index in [0.717, 1.165) is 0 Å². The molecule has 0 bridgehead atoms. The van der Waals surface area contributed by atoms with E-state index < -0.39 is 6.10 Å². The first-order valence-corrected chi connectivity index (χ1v) is 5.11. The molecule has 0 radical (unpaired) electrons.